The molecule has 1 aromatic rings. The summed E-state index contributed by atoms with van der Waals surface area (Å²) in [6, 6.07) is 9.65. The lowest BCUT2D eigenvalue weighted by molar-refractivity contribution is -0.137. The van der Waals surface area contributed by atoms with Crippen molar-refractivity contribution >= 4 is 12.0 Å². The van der Waals surface area contributed by atoms with Gasteiger partial charge in [-0.15, -0.1) is 0 Å². The van der Waals surface area contributed by atoms with Crippen molar-refractivity contribution in [2.45, 2.75) is 25.8 Å². The monoisotopic (exact) mass is 264 g/mol. The van der Waals surface area contributed by atoms with Crippen LogP contribution in [0.4, 0.5) is 4.79 Å². The normalized spacial score (nSPS) is 11.7. The molecule has 0 heterocycles. The van der Waals surface area contributed by atoms with E-state index in [-0.39, 0.29) is 25.0 Å². The number of carbonyl (C=O) groups excluding carboxylic acids is 1. The van der Waals surface area contributed by atoms with Crippen molar-refractivity contribution in [3.05, 3.63) is 35.9 Å². The van der Waals surface area contributed by atoms with Crippen LogP contribution in [0.5, 0.6) is 0 Å². The number of aliphatic carboxylic acids is 1. The van der Waals surface area contributed by atoms with Gasteiger partial charge in [0.1, 0.15) is 0 Å². The smallest absolute Gasteiger partial charge is 0.317 e. The largest absolute Gasteiger partial charge is 0.481 e. The van der Waals surface area contributed by atoms with E-state index in [1.54, 1.807) is 7.05 Å². The molecule has 0 radical (unpaired) electrons. The van der Waals surface area contributed by atoms with Crippen molar-refractivity contribution < 1.29 is 14.7 Å². The standard InChI is InChI=1S/C14H20N2O3/c1-11(10-12-6-4-3-5-7-12)15-14(19)16(2)9-8-13(17)18/h3-7,11H,8-10H2,1-2H3,(H,15,19)(H,17,18). The molecule has 2 amide bonds. The van der Waals surface area contributed by atoms with Crippen LogP contribution in [0.1, 0.15) is 18.9 Å². The highest BCUT2D eigenvalue weighted by Crippen LogP contribution is 2.03. The van der Waals surface area contributed by atoms with Gasteiger partial charge < -0.3 is 15.3 Å². The highest BCUT2D eigenvalue weighted by atomic mass is 16.4. The van der Waals surface area contributed by atoms with E-state index < -0.39 is 5.97 Å². The minimum atomic E-state index is -0.906. The van der Waals surface area contributed by atoms with Gasteiger partial charge in [0.05, 0.1) is 6.42 Å². The third kappa shape index (κ3) is 5.90. The van der Waals surface area contributed by atoms with Crippen molar-refractivity contribution in [2.75, 3.05) is 13.6 Å². The molecule has 0 saturated heterocycles. The number of nitrogens with one attached hydrogen (secondary N) is 1. The average molecular weight is 264 g/mol. The molecule has 0 spiro atoms. The Morgan fingerprint density at radius 3 is 2.53 bits per heavy atom. The van der Waals surface area contributed by atoms with Gasteiger partial charge in [-0.25, -0.2) is 4.79 Å². The maximum absolute atomic E-state index is 11.8. The van der Waals surface area contributed by atoms with Crippen LogP contribution in [0, 0.1) is 0 Å². The lowest BCUT2D eigenvalue weighted by Gasteiger charge is -2.20. The minimum Gasteiger partial charge on any atom is -0.481 e. The highest BCUT2D eigenvalue weighted by molar-refractivity contribution is 5.75. The van der Waals surface area contributed by atoms with E-state index in [0.717, 1.165) is 12.0 Å². The van der Waals surface area contributed by atoms with Crippen molar-refractivity contribution in [2.24, 2.45) is 0 Å². The summed E-state index contributed by atoms with van der Waals surface area (Å²) in [5.74, 6) is -0.906. The summed E-state index contributed by atoms with van der Waals surface area (Å²) < 4.78 is 0. The molecule has 0 aliphatic rings. The zero-order valence-corrected chi connectivity index (χ0v) is 11.3. The number of benzene rings is 1. The summed E-state index contributed by atoms with van der Waals surface area (Å²) in [6.45, 7) is 2.13. The third-order valence-electron chi connectivity index (χ3n) is 2.76. The molecule has 5 nitrogen and oxygen atoms in total. The van der Waals surface area contributed by atoms with E-state index in [1.165, 1.54) is 4.90 Å². The summed E-state index contributed by atoms with van der Waals surface area (Å²) in [4.78, 5) is 23.6. The number of urea groups is 1. The van der Waals surface area contributed by atoms with Crippen molar-refractivity contribution in [3.8, 4) is 0 Å². The number of nitrogens with zero attached hydrogens (tertiary/aromatic N) is 1. The van der Waals surface area contributed by atoms with Crippen LogP contribution >= 0.6 is 0 Å². The van der Waals surface area contributed by atoms with Crippen LogP contribution < -0.4 is 5.32 Å². The molecule has 1 atom stereocenters. The number of amides is 2. The van der Waals surface area contributed by atoms with Crippen molar-refractivity contribution in [3.63, 3.8) is 0 Å². The summed E-state index contributed by atoms with van der Waals surface area (Å²) >= 11 is 0. The number of hydrogen-bond acceptors (Lipinski definition) is 2. The fourth-order valence-corrected chi connectivity index (χ4v) is 1.70. The molecular formula is C14H20N2O3. The Hall–Kier alpha value is -2.04. The molecular weight excluding hydrogens is 244 g/mol. The van der Waals surface area contributed by atoms with Crippen LogP contribution in [-0.4, -0.2) is 41.6 Å². The lowest BCUT2D eigenvalue weighted by Crippen LogP contribution is -2.43. The second-order valence-corrected chi connectivity index (χ2v) is 4.61. The molecule has 1 aromatic carbocycles. The Morgan fingerprint density at radius 2 is 1.95 bits per heavy atom. The van der Waals surface area contributed by atoms with Gasteiger partial charge in [-0.2, -0.15) is 0 Å². The minimum absolute atomic E-state index is 0.00202. The summed E-state index contributed by atoms with van der Waals surface area (Å²) in [7, 11) is 1.59. The SMILES string of the molecule is CC(Cc1ccccc1)NC(=O)N(C)CCC(=O)O. The van der Waals surface area contributed by atoms with Crippen LogP contribution in [0.15, 0.2) is 30.3 Å². The Bertz CT molecular complexity index is 420. The molecule has 2 N–H and O–H groups in total. The van der Waals surface area contributed by atoms with E-state index in [1.807, 2.05) is 37.3 Å². The zero-order chi connectivity index (χ0) is 14.3. The first-order valence-corrected chi connectivity index (χ1v) is 6.26. The predicted octanol–water partition coefficient (Wildman–Crippen LogP) is 1.73. The van der Waals surface area contributed by atoms with Crippen molar-refractivity contribution in [1.29, 1.82) is 0 Å². The summed E-state index contributed by atoms with van der Waals surface area (Å²) in [5.41, 5.74) is 1.16. The molecule has 104 valence electrons. The van der Waals surface area contributed by atoms with Gasteiger partial charge in [-0.1, -0.05) is 30.3 Å². The van der Waals surface area contributed by atoms with Gasteiger partial charge in [-0.3, -0.25) is 4.79 Å². The van der Waals surface area contributed by atoms with E-state index in [9.17, 15) is 9.59 Å². The van der Waals surface area contributed by atoms with Crippen LogP contribution in [0.3, 0.4) is 0 Å². The average Bonchev–Trinajstić information content (AvgIpc) is 2.36. The highest BCUT2D eigenvalue weighted by Gasteiger charge is 2.13. The van der Waals surface area contributed by atoms with E-state index in [0.29, 0.717) is 0 Å². The fourth-order valence-electron chi connectivity index (χ4n) is 1.70. The Balaban J connectivity index is 2.37. The molecule has 0 saturated carbocycles. The van der Waals surface area contributed by atoms with Crippen molar-refractivity contribution in [1.82, 2.24) is 10.2 Å². The molecule has 1 unspecified atom stereocenters. The third-order valence-corrected chi connectivity index (χ3v) is 2.76. The maximum Gasteiger partial charge on any atom is 0.317 e. The second-order valence-electron chi connectivity index (χ2n) is 4.61. The second kappa shape index (κ2) is 7.41. The summed E-state index contributed by atoms with van der Waals surface area (Å²) in [5, 5.41) is 11.4. The van der Waals surface area contributed by atoms with Crippen LogP contribution in [-0.2, 0) is 11.2 Å². The number of hydrogen-bond donors (Lipinski definition) is 2. The first-order valence-electron chi connectivity index (χ1n) is 6.26. The molecule has 0 aromatic heterocycles. The molecule has 19 heavy (non-hydrogen) atoms. The van der Waals surface area contributed by atoms with E-state index in [4.69, 9.17) is 5.11 Å². The Kier molecular flexibility index (Phi) is 5.85. The number of carboxylic acids is 1. The van der Waals surface area contributed by atoms with Gasteiger partial charge in [0, 0.05) is 19.6 Å². The first kappa shape index (κ1) is 15.0. The van der Waals surface area contributed by atoms with E-state index >= 15 is 0 Å². The van der Waals surface area contributed by atoms with Gasteiger partial charge in [0.15, 0.2) is 0 Å². The number of rotatable bonds is 6. The number of carboxylic acid groups (broad SMARTS) is 1. The maximum atomic E-state index is 11.8. The first-order chi connectivity index (χ1) is 8.99. The molecule has 1 rings (SSSR count). The zero-order valence-electron chi connectivity index (χ0n) is 11.3. The van der Waals surface area contributed by atoms with Gasteiger partial charge >= 0.3 is 12.0 Å². The summed E-state index contributed by atoms with van der Waals surface area (Å²) in [6.07, 6.45) is 0.705. The molecule has 0 aliphatic heterocycles. The fraction of sp³-hybridized carbons (Fsp3) is 0.429. The van der Waals surface area contributed by atoms with Crippen LogP contribution in [0.25, 0.3) is 0 Å². The topological polar surface area (TPSA) is 69.6 Å². The number of carbonyl (C=O) groups is 2. The quantitative estimate of drug-likeness (QED) is 0.822. The predicted molar refractivity (Wildman–Crippen MR) is 73.0 cm³/mol. The lowest BCUT2D eigenvalue weighted by atomic mass is 10.1. The van der Waals surface area contributed by atoms with E-state index in [2.05, 4.69) is 5.32 Å². The Labute approximate surface area is 113 Å². The molecule has 0 fully saturated rings. The molecule has 5 heteroatoms. The Morgan fingerprint density at radius 1 is 1.32 bits per heavy atom. The molecule has 0 aliphatic carbocycles. The van der Waals surface area contributed by atoms with Gasteiger partial charge in [0.2, 0.25) is 0 Å². The molecule has 0 bridgehead atoms. The van der Waals surface area contributed by atoms with Gasteiger partial charge in [-0.05, 0) is 18.9 Å². The van der Waals surface area contributed by atoms with Gasteiger partial charge in [0.25, 0.3) is 0 Å². The van der Waals surface area contributed by atoms with Crippen LogP contribution in [0.2, 0.25) is 0 Å².